The molecule has 1 aliphatic heterocycles. The van der Waals surface area contributed by atoms with E-state index in [1.54, 1.807) is 0 Å². The van der Waals surface area contributed by atoms with Gasteiger partial charge in [0.25, 0.3) is 0 Å². The summed E-state index contributed by atoms with van der Waals surface area (Å²) in [5.41, 5.74) is 0. The van der Waals surface area contributed by atoms with Crippen LogP contribution in [-0.4, -0.2) is 67.2 Å². The average Bonchev–Trinajstić information content (AvgIpc) is 3.11. The molecule has 0 atom stereocenters. The lowest BCUT2D eigenvalue weighted by molar-refractivity contribution is -0.136. The van der Waals surface area contributed by atoms with Crippen LogP contribution < -0.4 is 0 Å². The molecule has 18 heavy (non-hydrogen) atoms. The van der Waals surface area contributed by atoms with Crippen LogP contribution in [0.2, 0.25) is 0 Å². The van der Waals surface area contributed by atoms with E-state index in [2.05, 4.69) is 4.90 Å². The van der Waals surface area contributed by atoms with Crippen LogP contribution in [0.4, 0.5) is 0 Å². The Balaban J connectivity index is 1.78. The maximum atomic E-state index is 11.9. The van der Waals surface area contributed by atoms with Gasteiger partial charge in [-0.2, -0.15) is 4.31 Å². The average molecular weight is 276 g/mol. The molecule has 1 aliphatic carbocycles. The second-order valence-electron chi connectivity index (χ2n) is 5.10. The number of hydrogen-bond donors (Lipinski definition) is 1. The SMILES string of the molecule is O=C(O)CCS(=O)(=O)N1CCN(CC2CC2)CC1. The third-order valence-corrected chi connectivity index (χ3v) is 5.38. The molecule has 1 saturated carbocycles. The largest absolute Gasteiger partial charge is 0.481 e. The first-order valence-electron chi connectivity index (χ1n) is 6.39. The van der Waals surface area contributed by atoms with Crippen LogP contribution in [0.25, 0.3) is 0 Å². The number of hydrogen-bond acceptors (Lipinski definition) is 4. The molecule has 0 aromatic rings. The van der Waals surface area contributed by atoms with Gasteiger partial charge in [-0.15, -0.1) is 0 Å². The molecule has 2 aliphatic rings. The quantitative estimate of drug-likeness (QED) is 0.728. The summed E-state index contributed by atoms with van der Waals surface area (Å²) in [6.07, 6.45) is 2.29. The number of sulfonamides is 1. The zero-order valence-electron chi connectivity index (χ0n) is 10.4. The predicted octanol–water partition coefficient (Wildman–Crippen LogP) is -0.181. The summed E-state index contributed by atoms with van der Waals surface area (Å²) in [6.45, 7) is 3.61. The van der Waals surface area contributed by atoms with Gasteiger partial charge in [0.2, 0.25) is 10.0 Å². The van der Waals surface area contributed by atoms with Crippen LogP contribution in [0.3, 0.4) is 0 Å². The van der Waals surface area contributed by atoms with E-state index in [-0.39, 0.29) is 12.2 Å². The fraction of sp³-hybridized carbons (Fsp3) is 0.909. The molecule has 2 rings (SSSR count). The summed E-state index contributed by atoms with van der Waals surface area (Å²) in [6, 6.07) is 0. The van der Waals surface area contributed by atoms with Gasteiger partial charge >= 0.3 is 5.97 Å². The summed E-state index contributed by atoms with van der Waals surface area (Å²) < 4.78 is 25.2. The van der Waals surface area contributed by atoms with Crippen molar-refractivity contribution in [3.05, 3.63) is 0 Å². The molecular weight excluding hydrogens is 256 g/mol. The van der Waals surface area contributed by atoms with Crippen molar-refractivity contribution in [2.45, 2.75) is 19.3 Å². The Labute approximate surface area is 108 Å². The van der Waals surface area contributed by atoms with Gasteiger partial charge < -0.3 is 10.0 Å². The minimum Gasteiger partial charge on any atom is -0.481 e. The first-order chi connectivity index (χ1) is 8.47. The molecule has 2 fully saturated rings. The number of piperazine rings is 1. The van der Waals surface area contributed by atoms with E-state index < -0.39 is 16.0 Å². The third kappa shape index (κ3) is 3.93. The molecule has 0 radical (unpaired) electrons. The maximum absolute atomic E-state index is 11.9. The van der Waals surface area contributed by atoms with Crippen LogP contribution in [0.15, 0.2) is 0 Å². The molecule has 1 saturated heterocycles. The van der Waals surface area contributed by atoms with Crippen molar-refractivity contribution in [3.63, 3.8) is 0 Å². The lowest BCUT2D eigenvalue weighted by Crippen LogP contribution is -2.49. The highest BCUT2D eigenvalue weighted by atomic mass is 32.2. The van der Waals surface area contributed by atoms with Crippen molar-refractivity contribution >= 4 is 16.0 Å². The molecule has 0 aromatic heterocycles. The van der Waals surface area contributed by atoms with Crippen molar-refractivity contribution in [2.24, 2.45) is 5.92 Å². The Kier molecular flexibility index (Phi) is 4.24. The Morgan fingerprint density at radius 2 is 1.78 bits per heavy atom. The Bertz CT molecular complexity index is 397. The minimum atomic E-state index is -3.39. The van der Waals surface area contributed by atoms with Gasteiger partial charge in [0.1, 0.15) is 0 Å². The number of carboxylic acid groups (broad SMARTS) is 1. The van der Waals surface area contributed by atoms with E-state index in [9.17, 15) is 13.2 Å². The number of aliphatic carboxylic acids is 1. The van der Waals surface area contributed by atoms with Crippen molar-refractivity contribution in [1.82, 2.24) is 9.21 Å². The van der Waals surface area contributed by atoms with E-state index >= 15 is 0 Å². The first-order valence-corrected chi connectivity index (χ1v) is 8.00. The third-order valence-electron chi connectivity index (χ3n) is 3.51. The van der Waals surface area contributed by atoms with Gasteiger partial charge in [0.15, 0.2) is 0 Å². The molecule has 1 heterocycles. The molecule has 0 amide bonds. The minimum absolute atomic E-state index is 0.287. The van der Waals surface area contributed by atoms with E-state index in [1.807, 2.05) is 0 Å². The highest BCUT2D eigenvalue weighted by Crippen LogP contribution is 2.30. The van der Waals surface area contributed by atoms with Crippen LogP contribution in [0.5, 0.6) is 0 Å². The standard InChI is InChI=1S/C11H20N2O4S/c14-11(15)3-8-18(16,17)13-6-4-12(5-7-13)9-10-1-2-10/h10H,1-9H2,(H,14,15). The van der Waals surface area contributed by atoms with Gasteiger partial charge in [-0.25, -0.2) is 8.42 Å². The zero-order chi connectivity index (χ0) is 13.2. The van der Waals surface area contributed by atoms with E-state index in [0.29, 0.717) is 13.1 Å². The highest BCUT2D eigenvalue weighted by molar-refractivity contribution is 7.89. The Morgan fingerprint density at radius 1 is 1.17 bits per heavy atom. The summed E-state index contributed by atoms with van der Waals surface area (Å²) >= 11 is 0. The molecule has 0 unspecified atom stereocenters. The maximum Gasteiger partial charge on any atom is 0.304 e. The van der Waals surface area contributed by atoms with E-state index in [4.69, 9.17) is 5.11 Å². The molecular formula is C11H20N2O4S. The van der Waals surface area contributed by atoms with Crippen LogP contribution in [0.1, 0.15) is 19.3 Å². The fourth-order valence-corrected chi connectivity index (χ4v) is 3.61. The van der Waals surface area contributed by atoms with E-state index in [1.165, 1.54) is 17.1 Å². The van der Waals surface area contributed by atoms with Gasteiger partial charge in [0.05, 0.1) is 12.2 Å². The number of carboxylic acids is 1. The van der Waals surface area contributed by atoms with Gasteiger partial charge in [-0.1, -0.05) is 0 Å². The van der Waals surface area contributed by atoms with Crippen molar-refractivity contribution < 1.29 is 18.3 Å². The summed E-state index contributed by atoms with van der Waals surface area (Å²) in [7, 11) is -3.39. The van der Waals surface area contributed by atoms with Gasteiger partial charge in [0, 0.05) is 32.7 Å². The lowest BCUT2D eigenvalue weighted by atomic mass is 10.3. The molecule has 0 bridgehead atoms. The van der Waals surface area contributed by atoms with Crippen LogP contribution >= 0.6 is 0 Å². The highest BCUT2D eigenvalue weighted by Gasteiger charge is 2.30. The van der Waals surface area contributed by atoms with Crippen molar-refractivity contribution in [2.75, 3.05) is 38.5 Å². The van der Waals surface area contributed by atoms with Crippen LogP contribution in [0, 0.1) is 5.92 Å². The monoisotopic (exact) mass is 276 g/mol. The molecule has 1 N–H and O–H groups in total. The summed E-state index contributed by atoms with van der Waals surface area (Å²) in [5.74, 6) is -0.531. The lowest BCUT2D eigenvalue weighted by Gasteiger charge is -2.33. The number of carbonyl (C=O) groups is 1. The smallest absolute Gasteiger partial charge is 0.304 e. The summed E-state index contributed by atoms with van der Waals surface area (Å²) in [5, 5.41) is 8.53. The number of rotatable bonds is 6. The van der Waals surface area contributed by atoms with Gasteiger partial charge in [-0.3, -0.25) is 4.79 Å². The zero-order valence-corrected chi connectivity index (χ0v) is 11.2. The Morgan fingerprint density at radius 3 is 2.28 bits per heavy atom. The molecule has 0 spiro atoms. The van der Waals surface area contributed by atoms with Crippen molar-refractivity contribution in [3.8, 4) is 0 Å². The molecule has 6 nitrogen and oxygen atoms in total. The predicted molar refractivity (Wildman–Crippen MR) is 66.8 cm³/mol. The summed E-state index contributed by atoms with van der Waals surface area (Å²) in [4.78, 5) is 12.7. The second-order valence-corrected chi connectivity index (χ2v) is 7.19. The topological polar surface area (TPSA) is 77.9 Å². The molecule has 104 valence electrons. The molecule has 7 heteroatoms. The van der Waals surface area contributed by atoms with Gasteiger partial charge in [-0.05, 0) is 18.8 Å². The first kappa shape index (κ1) is 13.8. The number of nitrogens with zero attached hydrogens (tertiary/aromatic N) is 2. The fourth-order valence-electron chi connectivity index (χ4n) is 2.20. The Hall–Kier alpha value is -0.660. The molecule has 0 aromatic carbocycles. The van der Waals surface area contributed by atoms with Crippen molar-refractivity contribution in [1.29, 1.82) is 0 Å². The van der Waals surface area contributed by atoms with E-state index in [0.717, 1.165) is 25.6 Å². The van der Waals surface area contributed by atoms with Crippen LogP contribution in [-0.2, 0) is 14.8 Å². The normalized spacial score (nSPS) is 23.1. The second kappa shape index (κ2) is 5.54.